The summed E-state index contributed by atoms with van der Waals surface area (Å²) >= 11 is 0. The van der Waals surface area contributed by atoms with Crippen LogP contribution < -0.4 is 0 Å². The third-order valence-electron chi connectivity index (χ3n) is 3.28. The number of rotatable bonds is 16. The molecule has 142 valence electrons. The van der Waals surface area contributed by atoms with Gasteiger partial charge in [-0.2, -0.15) is 0 Å². The van der Waals surface area contributed by atoms with Crippen molar-refractivity contribution in [3.05, 3.63) is 12.2 Å². The van der Waals surface area contributed by atoms with E-state index in [-0.39, 0.29) is 13.2 Å². The van der Waals surface area contributed by atoms with Crippen molar-refractivity contribution in [2.75, 3.05) is 26.4 Å². The molecule has 0 rings (SSSR count). The van der Waals surface area contributed by atoms with Crippen LogP contribution in [0.1, 0.15) is 58.3 Å². The average molecular weight is 366 g/mol. The topological polar surface area (TPSA) is 102 Å². The zero-order valence-electron chi connectivity index (χ0n) is 14.6. The maximum absolute atomic E-state index is 11.3. The summed E-state index contributed by atoms with van der Waals surface area (Å²) in [5.41, 5.74) is 0.347. The van der Waals surface area contributed by atoms with Gasteiger partial charge in [0.1, 0.15) is 0 Å². The van der Waals surface area contributed by atoms with Gasteiger partial charge in [-0.15, -0.1) is 0 Å². The Morgan fingerprint density at radius 1 is 0.958 bits per heavy atom. The number of hydrogen-bond donors (Lipinski definition) is 2. The van der Waals surface area contributed by atoms with Crippen molar-refractivity contribution >= 4 is 13.8 Å². The van der Waals surface area contributed by atoms with Gasteiger partial charge in [0.05, 0.1) is 25.4 Å². The van der Waals surface area contributed by atoms with Crippen molar-refractivity contribution in [2.24, 2.45) is 0 Å². The Hall–Kier alpha value is -0.720. The monoisotopic (exact) mass is 366 g/mol. The molecule has 0 aliphatic heterocycles. The molecule has 0 aromatic rings. The second kappa shape index (κ2) is 14.6. The van der Waals surface area contributed by atoms with Gasteiger partial charge >= 0.3 is 13.8 Å². The van der Waals surface area contributed by atoms with Crippen molar-refractivity contribution < 1.29 is 33.1 Å². The van der Waals surface area contributed by atoms with Gasteiger partial charge in [-0.25, -0.2) is 9.36 Å². The molecule has 0 radical (unpaired) electrons. The first-order valence-electron chi connectivity index (χ1n) is 8.49. The van der Waals surface area contributed by atoms with Crippen LogP contribution in [0.2, 0.25) is 0 Å². The molecule has 0 fully saturated rings. The highest BCUT2D eigenvalue weighted by molar-refractivity contribution is 7.46. The molecule has 0 aliphatic rings. The lowest BCUT2D eigenvalue weighted by Gasteiger charge is -2.07. The molecule has 0 heterocycles. The van der Waals surface area contributed by atoms with Gasteiger partial charge in [0, 0.05) is 6.61 Å². The lowest BCUT2D eigenvalue weighted by Crippen LogP contribution is -2.12. The first-order valence-corrected chi connectivity index (χ1v) is 10.0. The first-order chi connectivity index (χ1) is 11.4. The summed E-state index contributed by atoms with van der Waals surface area (Å²) in [5, 5.41) is 0. The summed E-state index contributed by atoms with van der Waals surface area (Å²) < 4.78 is 25.0. The van der Waals surface area contributed by atoms with Gasteiger partial charge in [-0.05, 0) is 19.8 Å². The van der Waals surface area contributed by atoms with Crippen LogP contribution in [0.5, 0.6) is 0 Å². The highest BCUT2D eigenvalue weighted by atomic mass is 31.2. The van der Waals surface area contributed by atoms with Crippen molar-refractivity contribution in [2.45, 2.75) is 58.3 Å². The Morgan fingerprint density at radius 3 is 1.96 bits per heavy atom. The van der Waals surface area contributed by atoms with Crippen LogP contribution in [0.4, 0.5) is 0 Å². The normalized spacial score (nSPS) is 11.5. The third kappa shape index (κ3) is 16.1. The lowest BCUT2D eigenvalue weighted by atomic mass is 10.1. The van der Waals surface area contributed by atoms with Crippen LogP contribution in [0.25, 0.3) is 0 Å². The summed E-state index contributed by atoms with van der Waals surface area (Å²) in [7, 11) is -4.30. The second-order valence-electron chi connectivity index (χ2n) is 5.53. The van der Waals surface area contributed by atoms with E-state index in [0.29, 0.717) is 25.2 Å². The Morgan fingerprint density at radius 2 is 1.46 bits per heavy atom. The van der Waals surface area contributed by atoms with E-state index in [9.17, 15) is 9.36 Å². The van der Waals surface area contributed by atoms with E-state index < -0.39 is 13.8 Å². The molecular formula is C16H31O7P. The molecule has 0 aliphatic carbocycles. The van der Waals surface area contributed by atoms with Crippen LogP contribution in [0.3, 0.4) is 0 Å². The van der Waals surface area contributed by atoms with Gasteiger partial charge in [0.15, 0.2) is 0 Å². The maximum Gasteiger partial charge on any atom is 0.469 e. The van der Waals surface area contributed by atoms with Crippen LogP contribution in [-0.4, -0.2) is 42.2 Å². The lowest BCUT2D eigenvalue weighted by molar-refractivity contribution is -0.139. The van der Waals surface area contributed by atoms with Gasteiger partial charge < -0.3 is 19.3 Å². The fourth-order valence-corrected chi connectivity index (χ4v) is 2.40. The molecule has 7 nitrogen and oxygen atoms in total. The molecule has 2 N–H and O–H groups in total. The minimum Gasteiger partial charge on any atom is -0.463 e. The van der Waals surface area contributed by atoms with Crippen LogP contribution in [0.15, 0.2) is 12.2 Å². The minimum absolute atomic E-state index is 0.110. The summed E-state index contributed by atoms with van der Waals surface area (Å²) in [5.74, 6) is -0.399. The molecule has 0 unspecified atom stereocenters. The Balaban J connectivity index is 3.24. The Labute approximate surface area is 144 Å². The highest BCUT2D eigenvalue weighted by Gasteiger charge is 2.12. The van der Waals surface area contributed by atoms with E-state index in [1.807, 2.05) is 0 Å². The average Bonchev–Trinajstić information content (AvgIpc) is 2.50. The summed E-state index contributed by atoms with van der Waals surface area (Å²) in [4.78, 5) is 28.3. The fraction of sp³-hybridized carbons (Fsp3) is 0.812. The molecule has 0 aromatic carbocycles. The largest absolute Gasteiger partial charge is 0.469 e. The van der Waals surface area contributed by atoms with Crippen LogP contribution in [-0.2, 0) is 23.4 Å². The number of esters is 1. The predicted octanol–water partition coefficient (Wildman–Crippen LogP) is 3.35. The molecule has 0 spiro atoms. The highest BCUT2D eigenvalue weighted by Crippen LogP contribution is 2.35. The van der Waals surface area contributed by atoms with Crippen molar-refractivity contribution in [1.29, 1.82) is 0 Å². The van der Waals surface area contributed by atoms with E-state index in [4.69, 9.17) is 19.3 Å². The summed E-state index contributed by atoms with van der Waals surface area (Å²) in [6.07, 6.45) is 8.02. The van der Waals surface area contributed by atoms with Gasteiger partial charge in [-0.3, -0.25) is 4.52 Å². The molecule has 0 atom stereocenters. The number of unbranched alkanes of at least 4 members (excludes halogenated alkanes) is 7. The number of phosphoric ester groups is 1. The Kier molecular flexibility index (Phi) is 14.2. The number of carbonyl (C=O) groups is 1. The van der Waals surface area contributed by atoms with Gasteiger partial charge in [0.25, 0.3) is 0 Å². The van der Waals surface area contributed by atoms with Crippen LogP contribution in [0, 0.1) is 0 Å². The zero-order valence-corrected chi connectivity index (χ0v) is 15.5. The number of phosphoric acid groups is 1. The van der Waals surface area contributed by atoms with E-state index >= 15 is 0 Å². The minimum atomic E-state index is -4.30. The molecule has 0 aromatic heterocycles. The zero-order chi connectivity index (χ0) is 18.3. The molecular weight excluding hydrogens is 335 g/mol. The SMILES string of the molecule is C=C(COCCCCCCCCCCOP(=O)(O)O)C(=O)OCC. The maximum atomic E-state index is 11.3. The number of carbonyl (C=O) groups excluding carboxylic acids is 1. The smallest absolute Gasteiger partial charge is 0.463 e. The second-order valence-corrected chi connectivity index (χ2v) is 6.77. The van der Waals surface area contributed by atoms with E-state index in [0.717, 1.165) is 44.9 Å². The van der Waals surface area contributed by atoms with E-state index in [1.165, 1.54) is 0 Å². The molecule has 24 heavy (non-hydrogen) atoms. The van der Waals surface area contributed by atoms with Crippen molar-refractivity contribution in [3.63, 3.8) is 0 Å². The fourth-order valence-electron chi connectivity index (χ4n) is 2.04. The first kappa shape index (κ1) is 23.3. The number of hydrogen-bond acceptors (Lipinski definition) is 5. The molecule has 0 saturated carbocycles. The summed E-state index contributed by atoms with van der Waals surface area (Å²) in [6.45, 7) is 6.65. The van der Waals surface area contributed by atoms with E-state index in [1.54, 1.807) is 6.92 Å². The summed E-state index contributed by atoms with van der Waals surface area (Å²) in [6, 6.07) is 0. The predicted molar refractivity (Wildman–Crippen MR) is 91.5 cm³/mol. The van der Waals surface area contributed by atoms with Crippen molar-refractivity contribution in [1.82, 2.24) is 0 Å². The molecule has 0 bridgehead atoms. The number of ether oxygens (including phenoxy) is 2. The molecule has 0 amide bonds. The molecule has 0 saturated heterocycles. The van der Waals surface area contributed by atoms with Gasteiger partial charge in [0.2, 0.25) is 0 Å². The van der Waals surface area contributed by atoms with Gasteiger partial charge in [-0.1, -0.05) is 45.1 Å². The van der Waals surface area contributed by atoms with Crippen LogP contribution >= 0.6 is 7.82 Å². The van der Waals surface area contributed by atoms with Crippen molar-refractivity contribution in [3.8, 4) is 0 Å². The standard InChI is InChI=1S/C16H31O7P/c1-3-22-16(17)15(2)14-21-12-10-8-6-4-5-7-9-11-13-23-24(18,19)20/h2-14H2,1H3,(H2,18,19,20). The van der Waals surface area contributed by atoms with E-state index in [2.05, 4.69) is 11.1 Å². The Bertz CT molecular complexity index is 392. The molecule has 8 heteroatoms. The quantitative estimate of drug-likeness (QED) is 0.187. The third-order valence-corrected chi connectivity index (χ3v) is 3.80.